The molecule has 0 aliphatic heterocycles. The van der Waals surface area contributed by atoms with Crippen LogP contribution in [-0.4, -0.2) is 58.8 Å². The standard InChI is InChI=1S/C34H40F3N3O6/c1-21(2)26(20-25(41)15-14-23-10-6-4-7-11-23)33(46)40-28(19-24-12-8-5-9-13-24)29(42)18-22(3)32(45)39-27(16-17-30(38)43)31(44)34(35,36)37/h4-13,21-22,26-28,31,44H,16-20H2,1-3H3,(H2,38,43)(H,39,45)(H,40,46)/t22-,26+,27?,28+,31?/m1/s1. The SMILES string of the molecule is CC(C)[C@H](CC(=O)C#Cc1ccccc1)C(=O)N[C@@H](Cc1ccccc1)C(=O)C[C@@H](C)C(=O)NC(CCC(N)=O)C(O)C(F)(F)F. The zero-order valence-corrected chi connectivity index (χ0v) is 26.0. The van der Waals surface area contributed by atoms with Crippen LogP contribution in [0.3, 0.4) is 0 Å². The molecule has 2 rings (SSSR count). The van der Waals surface area contributed by atoms with E-state index in [4.69, 9.17) is 5.73 Å². The highest BCUT2D eigenvalue weighted by Gasteiger charge is 2.44. The molecule has 5 atom stereocenters. The fourth-order valence-electron chi connectivity index (χ4n) is 4.62. The second-order valence-electron chi connectivity index (χ2n) is 11.5. The van der Waals surface area contributed by atoms with Gasteiger partial charge in [-0.15, -0.1) is 0 Å². The third-order valence-electron chi connectivity index (χ3n) is 7.36. The molecule has 46 heavy (non-hydrogen) atoms. The number of Topliss-reactive ketones (excluding diaryl/α,β-unsaturated/α-hetero) is 2. The summed E-state index contributed by atoms with van der Waals surface area (Å²) < 4.78 is 39.6. The zero-order chi connectivity index (χ0) is 34.4. The van der Waals surface area contributed by atoms with Crippen molar-refractivity contribution in [2.24, 2.45) is 23.5 Å². The van der Waals surface area contributed by atoms with E-state index in [0.717, 1.165) is 0 Å². The minimum Gasteiger partial charge on any atom is -0.382 e. The van der Waals surface area contributed by atoms with Crippen LogP contribution in [-0.2, 0) is 30.4 Å². The van der Waals surface area contributed by atoms with Crippen molar-refractivity contribution in [3.63, 3.8) is 0 Å². The Bertz CT molecular complexity index is 1400. The summed E-state index contributed by atoms with van der Waals surface area (Å²) in [6.45, 7) is 4.83. The lowest BCUT2D eigenvalue weighted by molar-refractivity contribution is -0.213. The monoisotopic (exact) mass is 643 g/mol. The average Bonchev–Trinajstić information content (AvgIpc) is 3.00. The molecule has 248 valence electrons. The Balaban J connectivity index is 2.20. The molecule has 0 saturated heterocycles. The first kappa shape index (κ1) is 37.7. The first-order chi connectivity index (χ1) is 21.6. The van der Waals surface area contributed by atoms with Crippen molar-refractivity contribution >= 4 is 29.3 Å². The number of alkyl halides is 3. The number of aliphatic hydroxyl groups excluding tert-OH is 1. The van der Waals surface area contributed by atoms with Crippen molar-refractivity contribution in [3.8, 4) is 11.8 Å². The van der Waals surface area contributed by atoms with Crippen molar-refractivity contribution in [1.82, 2.24) is 10.6 Å². The molecule has 0 aliphatic carbocycles. The lowest BCUT2D eigenvalue weighted by Crippen LogP contribution is -2.52. The largest absolute Gasteiger partial charge is 0.416 e. The van der Waals surface area contributed by atoms with E-state index in [1.807, 2.05) is 6.07 Å². The molecule has 2 aromatic carbocycles. The van der Waals surface area contributed by atoms with Gasteiger partial charge in [-0.25, -0.2) is 0 Å². The van der Waals surface area contributed by atoms with Gasteiger partial charge >= 0.3 is 6.18 Å². The normalized spacial score (nSPS) is 14.5. The lowest BCUT2D eigenvalue weighted by atomic mass is 9.88. The van der Waals surface area contributed by atoms with Gasteiger partial charge in [0.25, 0.3) is 0 Å². The van der Waals surface area contributed by atoms with E-state index in [1.54, 1.807) is 68.4 Å². The number of carbonyl (C=O) groups is 5. The molecule has 12 heteroatoms. The zero-order valence-electron chi connectivity index (χ0n) is 26.0. The molecule has 3 amide bonds. The molecule has 9 nitrogen and oxygen atoms in total. The number of primary amides is 1. The summed E-state index contributed by atoms with van der Waals surface area (Å²) >= 11 is 0. The maximum Gasteiger partial charge on any atom is 0.416 e. The van der Waals surface area contributed by atoms with Crippen molar-refractivity contribution < 1.29 is 42.3 Å². The quantitative estimate of drug-likeness (QED) is 0.206. The Morgan fingerprint density at radius 1 is 0.870 bits per heavy atom. The van der Waals surface area contributed by atoms with Crippen LogP contribution in [0.25, 0.3) is 0 Å². The average molecular weight is 644 g/mol. The Labute approximate surface area is 266 Å². The van der Waals surface area contributed by atoms with Crippen LogP contribution in [0.4, 0.5) is 13.2 Å². The number of hydrogen-bond donors (Lipinski definition) is 4. The molecule has 5 N–H and O–H groups in total. The van der Waals surface area contributed by atoms with Crippen LogP contribution in [0.2, 0.25) is 0 Å². The molecule has 0 saturated carbocycles. The molecule has 0 heterocycles. The van der Waals surface area contributed by atoms with Crippen LogP contribution in [0.1, 0.15) is 57.6 Å². The number of rotatable bonds is 16. The van der Waals surface area contributed by atoms with Gasteiger partial charge in [0, 0.05) is 36.7 Å². The van der Waals surface area contributed by atoms with E-state index < -0.39 is 84.8 Å². The Kier molecular flexibility index (Phi) is 14.6. The third kappa shape index (κ3) is 12.9. The number of amides is 3. The maximum absolute atomic E-state index is 13.5. The third-order valence-corrected chi connectivity index (χ3v) is 7.36. The molecular formula is C34H40F3N3O6. The Morgan fingerprint density at radius 2 is 1.46 bits per heavy atom. The highest BCUT2D eigenvalue weighted by Crippen LogP contribution is 2.25. The second kappa shape index (κ2) is 17.8. The summed E-state index contributed by atoms with van der Waals surface area (Å²) in [7, 11) is 0. The maximum atomic E-state index is 13.5. The Morgan fingerprint density at radius 3 is 2.00 bits per heavy atom. The number of carbonyl (C=O) groups excluding carboxylic acids is 5. The van der Waals surface area contributed by atoms with Crippen molar-refractivity contribution in [2.75, 3.05) is 0 Å². The van der Waals surface area contributed by atoms with E-state index >= 15 is 0 Å². The van der Waals surface area contributed by atoms with Gasteiger partial charge in [0.05, 0.1) is 12.1 Å². The van der Waals surface area contributed by atoms with Crippen LogP contribution >= 0.6 is 0 Å². The summed E-state index contributed by atoms with van der Waals surface area (Å²) in [6, 6.07) is 14.6. The van der Waals surface area contributed by atoms with Gasteiger partial charge in [-0.3, -0.25) is 24.0 Å². The van der Waals surface area contributed by atoms with E-state index in [-0.39, 0.29) is 18.8 Å². The predicted octanol–water partition coefficient (Wildman–Crippen LogP) is 3.27. The van der Waals surface area contributed by atoms with Gasteiger partial charge in [0.15, 0.2) is 11.9 Å². The van der Waals surface area contributed by atoms with Gasteiger partial charge in [0.2, 0.25) is 23.5 Å². The molecule has 0 aliphatic rings. The van der Waals surface area contributed by atoms with Crippen LogP contribution in [0, 0.1) is 29.6 Å². The van der Waals surface area contributed by atoms with Crippen molar-refractivity contribution in [1.29, 1.82) is 0 Å². The van der Waals surface area contributed by atoms with Crippen molar-refractivity contribution in [3.05, 3.63) is 71.8 Å². The number of hydrogen-bond acceptors (Lipinski definition) is 6. The van der Waals surface area contributed by atoms with E-state index in [0.29, 0.717) is 11.1 Å². The van der Waals surface area contributed by atoms with Crippen LogP contribution in [0.15, 0.2) is 60.7 Å². The number of nitrogens with one attached hydrogen (secondary N) is 2. The molecule has 0 fully saturated rings. The number of ketones is 2. The fraction of sp³-hybridized carbons (Fsp3) is 0.441. The molecule has 2 aromatic rings. The molecular weight excluding hydrogens is 603 g/mol. The molecule has 0 spiro atoms. The van der Waals surface area contributed by atoms with Gasteiger partial charge in [-0.2, -0.15) is 13.2 Å². The smallest absolute Gasteiger partial charge is 0.382 e. The predicted molar refractivity (Wildman–Crippen MR) is 165 cm³/mol. The number of aliphatic hydroxyl groups is 1. The summed E-state index contributed by atoms with van der Waals surface area (Å²) in [5.41, 5.74) is 6.37. The lowest BCUT2D eigenvalue weighted by Gasteiger charge is -2.27. The summed E-state index contributed by atoms with van der Waals surface area (Å²) in [5, 5.41) is 14.5. The molecule has 0 aromatic heterocycles. The fourth-order valence-corrected chi connectivity index (χ4v) is 4.62. The molecule has 0 radical (unpaired) electrons. The number of benzene rings is 2. The van der Waals surface area contributed by atoms with E-state index in [2.05, 4.69) is 22.5 Å². The molecule has 0 bridgehead atoms. The highest BCUT2D eigenvalue weighted by molar-refractivity contribution is 5.99. The summed E-state index contributed by atoms with van der Waals surface area (Å²) in [6.07, 6.45) is -9.72. The van der Waals surface area contributed by atoms with E-state index in [9.17, 15) is 42.3 Å². The first-order valence-corrected chi connectivity index (χ1v) is 14.9. The highest BCUT2D eigenvalue weighted by atomic mass is 19.4. The van der Waals surface area contributed by atoms with E-state index in [1.165, 1.54) is 6.92 Å². The van der Waals surface area contributed by atoms with Crippen molar-refractivity contribution in [2.45, 2.75) is 77.2 Å². The molecule has 2 unspecified atom stereocenters. The van der Waals surface area contributed by atoms with Gasteiger partial charge < -0.3 is 21.5 Å². The number of nitrogens with two attached hydrogens (primary N) is 1. The topological polar surface area (TPSA) is 156 Å². The summed E-state index contributed by atoms with van der Waals surface area (Å²) in [5.74, 6) is -0.415. The van der Waals surface area contributed by atoms with Gasteiger partial charge in [0.1, 0.15) is 0 Å². The van der Waals surface area contributed by atoms with Crippen LogP contribution < -0.4 is 16.4 Å². The minimum atomic E-state index is -5.08. The second-order valence-corrected chi connectivity index (χ2v) is 11.5. The van der Waals surface area contributed by atoms with Crippen LogP contribution in [0.5, 0.6) is 0 Å². The first-order valence-electron chi connectivity index (χ1n) is 14.9. The van der Waals surface area contributed by atoms with Gasteiger partial charge in [-0.1, -0.05) is 75.2 Å². The minimum absolute atomic E-state index is 0.0559. The number of halogens is 3. The van der Waals surface area contributed by atoms with Gasteiger partial charge in [-0.05, 0) is 42.4 Å². The summed E-state index contributed by atoms with van der Waals surface area (Å²) in [4.78, 5) is 63.6. The Hall–Kier alpha value is -4.50.